The minimum atomic E-state index is -1.87. The van der Waals surface area contributed by atoms with Crippen molar-refractivity contribution < 1.29 is 9.22 Å². The molecule has 0 amide bonds. The number of hydrogen-bond donors (Lipinski definition) is 0. The van der Waals surface area contributed by atoms with Gasteiger partial charge in [-0.05, 0) is 43.3 Å². The fraction of sp³-hybridized carbons (Fsp3) is 0.857. The number of carbonyl (C=O) groups excluding carboxylic acids is 1. The second-order valence-electron chi connectivity index (χ2n) is 10.6. The fourth-order valence-electron chi connectivity index (χ4n) is 6.10. The summed E-state index contributed by atoms with van der Waals surface area (Å²) < 4.78 is 6.84. The van der Waals surface area contributed by atoms with Gasteiger partial charge in [0.15, 0.2) is 8.32 Å². The lowest BCUT2D eigenvalue weighted by atomic mass is 9.66. The van der Waals surface area contributed by atoms with E-state index >= 15 is 0 Å². The molecule has 0 aromatic heterocycles. The number of Topliss-reactive ketones (excluding diaryl/α,β-unsaturated/α-hetero) is 1. The van der Waals surface area contributed by atoms with Gasteiger partial charge in [-0.15, -0.1) is 0 Å². The van der Waals surface area contributed by atoms with Gasteiger partial charge >= 0.3 is 0 Å². The van der Waals surface area contributed by atoms with Crippen molar-refractivity contribution in [3.05, 3.63) is 11.1 Å². The molecule has 3 rings (SSSR count). The molecule has 0 aromatic rings. The molecule has 0 heterocycles. The normalized spacial score (nSPS) is 45.3. The molecule has 0 saturated heterocycles. The Morgan fingerprint density at radius 1 is 1.08 bits per heavy atom. The van der Waals surface area contributed by atoms with Crippen LogP contribution in [0.3, 0.4) is 0 Å². The standard InChI is InChI=1S/C21H36O2Si/c1-12-13(2)21(8)14(3)20(12,7)17-15(22)11-16(18(17)21)23-24(9,10)19(4,5)6/h14,16-18H,11H2,1-10H3/t14-,16?,17-,18+,20+,21+/m1/s1. The first kappa shape index (κ1) is 18.4. The Morgan fingerprint density at radius 3 is 2.08 bits per heavy atom. The highest BCUT2D eigenvalue weighted by molar-refractivity contribution is 6.74. The molecule has 24 heavy (non-hydrogen) atoms. The predicted octanol–water partition coefficient (Wildman–Crippen LogP) is 5.59. The van der Waals surface area contributed by atoms with Crippen LogP contribution in [0.4, 0.5) is 0 Å². The molecular weight excluding hydrogens is 312 g/mol. The third-order valence-corrected chi connectivity index (χ3v) is 13.6. The Bertz CT molecular complexity index is 626. The highest BCUT2D eigenvalue weighted by atomic mass is 28.4. The maximum Gasteiger partial charge on any atom is 0.192 e. The molecule has 2 fully saturated rings. The van der Waals surface area contributed by atoms with Crippen LogP contribution in [0.1, 0.15) is 61.8 Å². The van der Waals surface area contributed by atoms with Crippen molar-refractivity contribution in [1.29, 1.82) is 0 Å². The van der Waals surface area contributed by atoms with Gasteiger partial charge in [-0.1, -0.05) is 52.7 Å². The van der Waals surface area contributed by atoms with Gasteiger partial charge in [0, 0.05) is 23.7 Å². The number of allylic oxidation sites excluding steroid dienone is 2. The molecule has 0 aliphatic heterocycles. The molecule has 3 aliphatic rings. The zero-order valence-corrected chi connectivity index (χ0v) is 18.3. The van der Waals surface area contributed by atoms with E-state index in [0.717, 1.165) is 0 Å². The first-order valence-corrected chi connectivity index (χ1v) is 12.5. The fourth-order valence-corrected chi connectivity index (χ4v) is 7.44. The summed E-state index contributed by atoms with van der Waals surface area (Å²) in [4.78, 5) is 13.0. The Morgan fingerprint density at radius 2 is 1.58 bits per heavy atom. The molecule has 0 N–H and O–H groups in total. The Balaban J connectivity index is 2.04. The van der Waals surface area contributed by atoms with E-state index < -0.39 is 8.32 Å². The maximum atomic E-state index is 13.0. The number of hydrogen-bond acceptors (Lipinski definition) is 2. The van der Waals surface area contributed by atoms with Crippen LogP contribution in [0, 0.1) is 28.6 Å². The van der Waals surface area contributed by atoms with Gasteiger partial charge in [-0.25, -0.2) is 0 Å². The monoisotopic (exact) mass is 348 g/mol. The Hall–Kier alpha value is -0.413. The van der Waals surface area contributed by atoms with Crippen LogP contribution in [-0.4, -0.2) is 20.2 Å². The highest BCUT2D eigenvalue weighted by Crippen LogP contribution is 2.75. The summed E-state index contributed by atoms with van der Waals surface area (Å²) in [6, 6.07) is 0. The smallest absolute Gasteiger partial charge is 0.192 e. The lowest BCUT2D eigenvalue weighted by molar-refractivity contribution is -0.123. The van der Waals surface area contributed by atoms with Crippen LogP contribution in [0.2, 0.25) is 18.1 Å². The molecule has 0 radical (unpaired) electrons. The predicted molar refractivity (Wildman–Crippen MR) is 102 cm³/mol. The van der Waals surface area contributed by atoms with Crippen LogP contribution in [0.25, 0.3) is 0 Å². The zero-order valence-electron chi connectivity index (χ0n) is 17.3. The molecule has 2 saturated carbocycles. The van der Waals surface area contributed by atoms with E-state index in [2.05, 4.69) is 68.5 Å². The van der Waals surface area contributed by atoms with Gasteiger partial charge in [0.05, 0.1) is 6.10 Å². The Kier molecular flexibility index (Phi) is 3.71. The summed E-state index contributed by atoms with van der Waals surface area (Å²) in [5.74, 6) is 1.50. The van der Waals surface area contributed by atoms with Gasteiger partial charge in [0.2, 0.25) is 0 Å². The summed E-state index contributed by atoms with van der Waals surface area (Å²) in [5, 5.41) is 0.184. The minimum Gasteiger partial charge on any atom is -0.413 e. The molecule has 0 aromatic carbocycles. The first-order chi connectivity index (χ1) is 10.7. The van der Waals surface area contributed by atoms with Crippen LogP contribution < -0.4 is 0 Å². The van der Waals surface area contributed by atoms with Gasteiger partial charge in [-0.3, -0.25) is 4.79 Å². The van der Waals surface area contributed by atoms with E-state index in [0.29, 0.717) is 24.0 Å². The van der Waals surface area contributed by atoms with Crippen molar-refractivity contribution >= 4 is 14.1 Å². The molecular formula is C21H36O2Si. The van der Waals surface area contributed by atoms with Crippen molar-refractivity contribution in [2.45, 2.75) is 86.0 Å². The van der Waals surface area contributed by atoms with Crippen LogP contribution in [-0.2, 0) is 9.22 Å². The van der Waals surface area contributed by atoms with E-state index in [1.165, 1.54) is 11.1 Å². The molecule has 136 valence electrons. The second kappa shape index (κ2) is 4.85. The number of carbonyl (C=O) groups is 1. The van der Waals surface area contributed by atoms with Crippen molar-refractivity contribution in [3.63, 3.8) is 0 Å². The lowest BCUT2D eigenvalue weighted by Gasteiger charge is -2.44. The molecule has 0 spiro atoms. The van der Waals surface area contributed by atoms with Crippen molar-refractivity contribution in [2.75, 3.05) is 0 Å². The largest absolute Gasteiger partial charge is 0.413 e. The highest BCUT2D eigenvalue weighted by Gasteiger charge is 2.73. The SMILES string of the molecule is CC1=C(C)[C@@]2(C)[C@H](C)[C@@]1(C)[C@@H]1C(=O)CC(O[Si](C)(C)C(C)(C)C)[C@@H]12. The van der Waals surface area contributed by atoms with E-state index in [4.69, 9.17) is 4.43 Å². The van der Waals surface area contributed by atoms with Crippen molar-refractivity contribution in [1.82, 2.24) is 0 Å². The van der Waals surface area contributed by atoms with Gasteiger partial charge in [0.25, 0.3) is 0 Å². The van der Waals surface area contributed by atoms with E-state index in [1.54, 1.807) is 0 Å². The Labute approximate surface area is 149 Å². The third kappa shape index (κ3) is 1.89. The van der Waals surface area contributed by atoms with E-state index in [9.17, 15) is 4.79 Å². The van der Waals surface area contributed by atoms with Crippen LogP contribution in [0.15, 0.2) is 11.1 Å². The average Bonchev–Trinajstić information content (AvgIpc) is 2.89. The third-order valence-electron chi connectivity index (χ3n) is 9.08. The van der Waals surface area contributed by atoms with Gasteiger partial charge in [0.1, 0.15) is 5.78 Å². The molecule has 3 aliphatic carbocycles. The topological polar surface area (TPSA) is 26.3 Å². The number of rotatable bonds is 2. The summed E-state index contributed by atoms with van der Waals surface area (Å²) in [7, 11) is -1.87. The van der Waals surface area contributed by atoms with Crippen molar-refractivity contribution in [2.24, 2.45) is 28.6 Å². The quantitative estimate of drug-likeness (QED) is 0.480. The molecule has 1 unspecified atom stereocenters. The number of fused-ring (bicyclic) bond motifs is 5. The maximum absolute atomic E-state index is 13.0. The summed E-state index contributed by atoms with van der Waals surface area (Å²) >= 11 is 0. The van der Waals surface area contributed by atoms with Crippen molar-refractivity contribution in [3.8, 4) is 0 Å². The molecule has 2 bridgehead atoms. The summed E-state index contributed by atoms with van der Waals surface area (Å²) in [6.45, 7) is 23.2. The van der Waals surface area contributed by atoms with E-state index in [-0.39, 0.29) is 27.9 Å². The van der Waals surface area contributed by atoms with Gasteiger partial charge in [-0.2, -0.15) is 0 Å². The molecule has 6 atom stereocenters. The zero-order chi connectivity index (χ0) is 18.5. The van der Waals surface area contributed by atoms with Crippen LogP contribution in [0.5, 0.6) is 0 Å². The summed E-state index contributed by atoms with van der Waals surface area (Å²) in [6.07, 6.45) is 0.737. The lowest BCUT2D eigenvalue weighted by Crippen LogP contribution is -2.47. The van der Waals surface area contributed by atoms with Crippen LogP contribution >= 0.6 is 0 Å². The first-order valence-electron chi connectivity index (χ1n) is 9.59. The van der Waals surface area contributed by atoms with Gasteiger partial charge < -0.3 is 4.43 Å². The minimum absolute atomic E-state index is 0.0339. The second-order valence-corrected chi connectivity index (χ2v) is 15.4. The summed E-state index contributed by atoms with van der Waals surface area (Å²) in [5.41, 5.74) is 3.15. The average molecular weight is 349 g/mol. The molecule has 3 heteroatoms. The molecule has 2 nitrogen and oxygen atoms in total. The number of ketones is 1. The van der Waals surface area contributed by atoms with E-state index in [1.807, 2.05) is 0 Å².